The minimum Gasteiger partial charge on any atom is -0.359 e. The van der Waals surface area contributed by atoms with Crippen molar-refractivity contribution >= 4 is 5.78 Å². The molecule has 5 fully saturated rings. The maximum atomic E-state index is 12.5. The lowest BCUT2D eigenvalue weighted by Gasteiger charge is -2.57. The predicted molar refractivity (Wildman–Crippen MR) is 82.1 cm³/mol. The minimum absolute atomic E-state index is 0.245. The first-order chi connectivity index (χ1) is 10.7. The topological polar surface area (TPSA) is 35.5 Å². The van der Waals surface area contributed by atoms with Gasteiger partial charge in [-0.1, -0.05) is 11.6 Å². The van der Waals surface area contributed by atoms with Crippen LogP contribution in [0.2, 0.25) is 0 Å². The summed E-state index contributed by atoms with van der Waals surface area (Å²) in [6.45, 7) is 0.400. The summed E-state index contributed by atoms with van der Waals surface area (Å²) in [7, 11) is 1.72. The zero-order valence-electron chi connectivity index (χ0n) is 13.5. The van der Waals surface area contributed by atoms with Gasteiger partial charge in [-0.15, -0.1) is 0 Å². The lowest BCUT2D eigenvalue weighted by Crippen LogP contribution is -2.53. The summed E-state index contributed by atoms with van der Waals surface area (Å²) >= 11 is 0. The van der Waals surface area contributed by atoms with Gasteiger partial charge in [-0.25, -0.2) is 0 Å². The second-order valence-corrected chi connectivity index (χ2v) is 8.36. The number of hydrogen-bond donors (Lipinski definition) is 0. The van der Waals surface area contributed by atoms with Crippen LogP contribution in [0.25, 0.3) is 0 Å². The van der Waals surface area contributed by atoms with Gasteiger partial charge in [0.25, 0.3) is 0 Å². The quantitative estimate of drug-likeness (QED) is 0.591. The zero-order chi connectivity index (χ0) is 14.9. The van der Waals surface area contributed by atoms with E-state index < -0.39 is 0 Å². The van der Waals surface area contributed by atoms with Crippen LogP contribution in [-0.2, 0) is 14.3 Å². The predicted octanol–water partition coefficient (Wildman–Crippen LogP) is 3.48. The Bertz CT molecular complexity index is 553. The molecule has 6 rings (SSSR count). The second kappa shape index (κ2) is 4.45. The molecule has 22 heavy (non-hydrogen) atoms. The van der Waals surface area contributed by atoms with Crippen LogP contribution >= 0.6 is 0 Å². The van der Waals surface area contributed by atoms with Gasteiger partial charge in [0.1, 0.15) is 12.6 Å². The minimum atomic E-state index is 0.245. The Labute approximate surface area is 132 Å². The van der Waals surface area contributed by atoms with Crippen LogP contribution in [0, 0.1) is 28.6 Å². The first-order valence-corrected chi connectivity index (χ1v) is 9.05. The van der Waals surface area contributed by atoms with Gasteiger partial charge in [-0.2, -0.15) is 0 Å². The number of carbonyl (C=O) groups excluding carboxylic acids is 1. The molecule has 2 spiro atoms. The number of methoxy groups -OCH3 is 1. The highest BCUT2D eigenvalue weighted by molar-refractivity contribution is 5.84. The van der Waals surface area contributed by atoms with Crippen molar-refractivity contribution in [3.63, 3.8) is 0 Å². The van der Waals surface area contributed by atoms with Crippen molar-refractivity contribution in [3.05, 3.63) is 11.6 Å². The Morgan fingerprint density at radius 2 is 2.23 bits per heavy atom. The van der Waals surface area contributed by atoms with Gasteiger partial charge in [-0.3, -0.25) is 4.79 Å². The van der Waals surface area contributed by atoms with Crippen LogP contribution in [0.1, 0.15) is 51.4 Å². The van der Waals surface area contributed by atoms with Gasteiger partial charge < -0.3 is 9.47 Å². The molecule has 0 aromatic rings. The Kier molecular flexibility index (Phi) is 2.78. The third-order valence-electron chi connectivity index (χ3n) is 7.95. The fourth-order valence-corrected chi connectivity index (χ4v) is 7.41. The molecule has 0 amide bonds. The number of Topliss-reactive ketones (excluding diaryl/α,β-unsaturated/α-hetero) is 1. The fourth-order valence-electron chi connectivity index (χ4n) is 7.41. The molecular weight excluding hydrogens is 276 g/mol. The first-order valence-electron chi connectivity index (χ1n) is 9.05. The van der Waals surface area contributed by atoms with Crippen LogP contribution in [0.4, 0.5) is 0 Å². The maximum absolute atomic E-state index is 12.5. The molecule has 0 aromatic carbocycles. The molecule has 0 heterocycles. The molecule has 0 radical (unpaired) electrons. The summed E-state index contributed by atoms with van der Waals surface area (Å²) < 4.78 is 11.6. The molecule has 0 saturated heterocycles. The van der Waals surface area contributed by atoms with E-state index in [0.29, 0.717) is 36.4 Å². The van der Waals surface area contributed by atoms with Crippen LogP contribution in [0.5, 0.6) is 0 Å². The van der Waals surface area contributed by atoms with Crippen molar-refractivity contribution in [3.8, 4) is 0 Å². The molecule has 6 atom stereocenters. The van der Waals surface area contributed by atoms with Crippen molar-refractivity contribution in [1.82, 2.24) is 0 Å². The van der Waals surface area contributed by atoms with E-state index in [9.17, 15) is 4.79 Å². The second-order valence-electron chi connectivity index (χ2n) is 8.36. The summed E-state index contributed by atoms with van der Waals surface area (Å²) in [6, 6.07) is 0. The maximum Gasteiger partial charge on any atom is 0.146 e. The zero-order valence-corrected chi connectivity index (χ0v) is 13.5. The average Bonchev–Trinajstić information content (AvgIpc) is 2.66. The molecule has 6 aliphatic rings. The fraction of sp³-hybridized carbons (Fsp3) is 0.842. The Hall–Kier alpha value is -0.670. The van der Waals surface area contributed by atoms with Crippen molar-refractivity contribution in [1.29, 1.82) is 0 Å². The van der Waals surface area contributed by atoms with E-state index in [1.165, 1.54) is 32.1 Å². The van der Waals surface area contributed by atoms with Crippen molar-refractivity contribution in [2.75, 3.05) is 13.9 Å². The summed E-state index contributed by atoms with van der Waals surface area (Å²) in [4.78, 5) is 12.5. The van der Waals surface area contributed by atoms with Gasteiger partial charge in [0, 0.05) is 24.9 Å². The largest absolute Gasteiger partial charge is 0.359 e. The molecule has 3 nitrogen and oxygen atoms in total. The molecule has 5 bridgehead atoms. The van der Waals surface area contributed by atoms with E-state index in [-0.39, 0.29) is 10.8 Å². The number of rotatable bonds is 3. The van der Waals surface area contributed by atoms with Gasteiger partial charge >= 0.3 is 0 Å². The molecule has 0 aromatic heterocycles. The molecular formula is C19H26O3. The lowest BCUT2D eigenvalue weighted by molar-refractivity contribution is -0.146. The monoisotopic (exact) mass is 302 g/mol. The van der Waals surface area contributed by atoms with E-state index in [4.69, 9.17) is 9.47 Å². The number of carbonyl (C=O) groups is 1. The van der Waals surface area contributed by atoms with Crippen molar-refractivity contribution in [2.45, 2.75) is 57.5 Å². The van der Waals surface area contributed by atoms with E-state index in [0.717, 1.165) is 19.3 Å². The average molecular weight is 302 g/mol. The van der Waals surface area contributed by atoms with Gasteiger partial charge in [0.15, 0.2) is 0 Å². The molecule has 0 N–H and O–H groups in total. The van der Waals surface area contributed by atoms with Crippen LogP contribution in [0.15, 0.2) is 11.6 Å². The highest BCUT2D eigenvalue weighted by Gasteiger charge is 2.75. The standard InChI is InChI=1S/C19H26O3/c1-21-11-22-17-14-8-12-9-16-18(14,10-15(12)20)7-5-13-4-2-3-6-19(13,16)17/h4,12,14,16-17H,2-3,5-11H2,1H3/t12?,14?,16?,17-,18?,19?/m1/s1. The Balaban J connectivity index is 1.66. The summed E-state index contributed by atoms with van der Waals surface area (Å²) in [5.41, 5.74) is 2.19. The van der Waals surface area contributed by atoms with Crippen LogP contribution in [-0.4, -0.2) is 25.8 Å². The summed E-state index contributed by atoms with van der Waals surface area (Å²) in [5.74, 6) is 2.17. The number of hydrogen-bond acceptors (Lipinski definition) is 3. The van der Waals surface area contributed by atoms with Gasteiger partial charge in [-0.05, 0) is 62.2 Å². The van der Waals surface area contributed by atoms with Crippen LogP contribution in [0.3, 0.4) is 0 Å². The highest BCUT2D eigenvalue weighted by atomic mass is 16.7. The smallest absolute Gasteiger partial charge is 0.146 e. The van der Waals surface area contributed by atoms with E-state index in [2.05, 4.69) is 6.08 Å². The molecule has 5 unspecified atom stereocenters. The van der Waals surface area contributed by atoms with E-state index in [1.807, 2.05) is 0 Å². The Morgan fingerprint density at radius 1 is 1.32 bits per heavy atom. The van der Waals surface area contributed by atoms with Crippen molar-refractivity contribution in [2.24, 2.45) is 28.6 Å². The summed E-state index contributed by atoms with van der Waals surface area (Å²) in [5, 5.41) is 0. The SMILES string of the molecule is COCO[C@@H]1C2CC3CC4C2(CCC2=CCCCC241)CC3=O. The number of ether oxygens (including phenoxy) is 2. The van der Waals surface area contributed by atoms with E-state index in [1.54, 1.807) is 12.7 Å². The van der Waals surface area contributed by atoms with Gasteiger partial charge in [0.05, 0.1) is 6.10 Å². The van der Waals surface area contributed by atoms with Crippen molar-refractivity contribution < 1.29 is 14.3 Å². The molecule has 5 saturated carbocycles. The number of fused-ring (bicyclic) bond motifs is 1. The van der Waals surface area contributed by atoms with Gasteiger partial charge in [0.2, 0.25) is 0 Å². The molecule has 3 heteroatoms. The first kappa shape index (κ1) is 13.7. The lowest BCUT2D eigenvalue weighted by atomic mass is 9.46. The third-order valence-corrected chi connectivity index (χ3v) is 7.95. The summed E-state index contributed by atoms with van der Waals surface area (Å²) in [6.07, 6.45) is 12.1. The normalized spacial score (nSPS) is 51.7. The molecule has 120 valence electrons. The molecule has 0 aliphatic heterocycles. The number of allylic oxidation sites excluding steroid dienone is 1. The van der Waals surface area contributed by atoms with Crippen LogP contribution < -0.4 is 0 Å². The molecule has 6 aliphatic carbocycles. The highest BCUT2D eigenvalue weighted by Crippen LogP contribution is 2.77. The third kappa shape index (κ3) is 1.39. The Morgan fingerprint density at radius 3 is 3.09 bits per heavy atom. The number of ketones is 1. The van der Waals surface area contributed by atoms with E-state index >= 15 is 0 Å².